The van der Waals surface area contributed by atoms with Crippen LogP contribution < -0.4 is 5.32 Å². The van der Waals surface area contributed by atoms with E-state index in [0.717, 1.165) is 10.8 Å². The monoisotopic (exact) mass is 279 g/mol. The number of nitrogens with one attached hydrogen (secondary N) is 1. The van der Waals surface area contributed by atoms with E-state index in [1.54, 1.807) is 0 Å². The number of carbonyl (C=O) groups is 1. The highest BCUT2D eigenvalue weighted by Gasteiger charge is 2.24. The van der Waals surface area contributed by atoms with Crippen molar-refractivity contribution in [3.63, 3.8) is 0 Å². The summed E-state index contributed by atoms with van der Waals surface area (Å²) in [6.45, 7) is -1.80. The summed E-state index contributed by atoms with van der Waals surface area (Å²) in [4.78, 5) is 21.3. The predicted molar refractivity (Wildman–Crippen MR) is 59.5 cm³/mol. The smallest absolute Gasteiger partial charge is 0.329 e. The summed E-state index contributed by atoms with van der Waals surface area (Å²) in [6, 6.07) is 1.17. The van der Waals surface area contributed by atoms with Gasteiger partial charge in [0, 0.05) is 6.92 Å². The van der Waals surface area contributed by atoms with Crippen LogP contribution in [-0.2, 0) is 18.0 Å². The zero-order valence-corrected chi connectivity index (χ0v) is 10.0. The van der Waals surface area contributed by atoms with Gasteiger partial charge in [0.25, 0.3) is 11.8 Å². The molecule has 0 spiro atoms. The number of hydrogen-bond acceptors (Lipinski definition) is 3. The number of halogens is 3. The van der Waals surface area contributed by atoms with Gasteiger partial charge in [-0.15, -0.1) is 0 Å². The quantitative estimate of drug-likeness (QED) is 0.635. The second-order valence-corrected chi connectivity index (χ2v) is 4.03. The van der Waals surface area contributed by atoms with Gasteiger partial charge in [0.1, 0.15) is 6.67 Å². The third-order valence-electron chi connectivity index (χ3n) is 2.24. The van der Waals surface area contributed by atoms with E-state index in [4.69, 9.17) is 0 Å². The summed E-state index contributed by atoms with van der Waals surface area (Å²) in [6.07, 6.45) is 1.16. The second kappa shape index (κ2) is 5.72. The molecule has 0 aromatic carbocycles. The number of amides is 1. The molecule has 0 aliphatic heterocycles. The van der Waals surface area contributed by atoms with Crippen LogP contribution in [0.5, 0.6) is 0 Å². The molecular weight excluding hydrogens is 267 g/mol. The molecule has 0 unspecified atom stereocenters. The van der Waals surface area contributed by atoms with Crippen LogP contribution in [0.2, 0.25) is 0 Å². The SMILES string of the molecule is CC(F)(F)CNC(=O)Cn1ccc(CF)c1[N+](=O)[O-]. The summed E-state index contributed by atoms with van der Waals surface area (Å²) < 4.78 is 38.4. The fraction of sp³-hybridized carbons (Fsp3) is 0.500. The van der Waals surface area contributed by atoms with Crippen molar-refractivity contribution in [2.45, 2.75) is 26.1 Å². The van der Waals surface area contributed by atoms with Crippen LogP contribution in [0, 0.1) is 10.1 Å². The van der Waals surface area contributed by atoms with Gasteiger partial charge >= 0.3 is 5.82 Å². The molecule has 0 atom stereocenters. The Morgan fingerprint density at radius 1 is 1.58 bits per heavy atom. The minimum absolute atomic E-state index is 0.168. The molecule has 1 N–H and O–H groups in total. The molecule has 0 aliphatic rings. The third-order valence-corrected chi connectivity index (χ3v) is 2.24. The van der Waals surface area contributed by atoms with Gasteiger partial charge in [-0.2, -0.15) is 0 Å². The van der Waals surface area contributed by atoms with E-state index in [0.29, 0.717) is 6.92 Å². The molecular formula is C10H12F3N3O3. The molecule has 106 valence electrons. The van der Waals surface area contributed by atoms with E-state index < -0.39 is 42.3 Å². The first kappa shape index (κ1) is 15.0. The number of hydrogen-bond donors (Lipinski definition) is 1. The van der Waals surface area contributed by atoms with Crippen LogP contribution in [0.15, 0.2) is 12.3 Å². The number of nitrogens with zero attached hydrogens (tertiary/aromatic N) is 2. The van der Waals surface area contributed by atoms with Crippen LogP contribution in [0.4, 0.5) is 19.0 Å². The minimum Gasteiger partial charge on any atom is -0.358 e. The maximum atomic E-state index is 12.5. The van der Waals surface area contributed by atoms with Crippen molar-refractivity contribution in [2.75, 3.05) is 6.54 Å². The van der Waals surface area contributed by atoms with E-state index in [1.807, 2.05) is 5.32 Å². The number of alkyl halides is 3. The number of rotatable bonds is 6. The fourth-order valence-electron chi connectivity index (χ4n) is 1.43. The molecule has 1 amide bonds. The van der Waals surface area contributed by atoms with Gasteiger partial charge in [-0.05, 0) is 11.0 Å². The topological polar surface area (TPSA) is 77.2 Å². The Hall–Kier alpha value is -2.06. The lowest BCUT2D eigenvalue weighted by molar-refractivity contribution is -0.392. The van der Waals surface area contributed by atoms with E-state index in [-0.39, 0.29) is 5.56 Å². The summed E-state index contributed by atoms with van der Waals surface area (Å²) >= 11 is 0. The highest BCUT2D eigenvalue weighted by Crippen LogP contribution is 2.21. The molecule has 1 aromatic rings. The van der Waals surface area contributed by atoms with E-state index >= 15 is 0 Å². The molecule has 6 nitrogen and oxygen atoms in total. The Labute approximate surface area is 106 Å². The summed E-state index contributed by atoms with van der Waals surface area (Å²) in [5, 5.41) is 12.7. The zero-order valence-electron chi connectivity index (χ0n) is 10.0. The molecule has 0 saturated carbocycles. The van der Waals surface area contributed by atoms with Crippen LogP contribution in [-0.4, -0.2) is 27.9 Å². The van der Waals surface area contributed by atoms with Crippen molar-refractivity contribution >= 4 is 11.7 Å². The lowest BCUT2D eigenvalue weighted by Gasteiger charge is -2.10. The molecule has 9 heteroatoms. The summed E-state index contributed by atoms with van der Waals surface area (Å²) in [7, 11) is 0. The first-order valence-corrected chi connectivity index (χ1v) is 5.27. The maximum absolute atomic E-state index is 12.5. The van der Waals surface area contributed by atoms with E-state index in [2.05, 4.69) is 0 Å². The average Bonchev–Trinajstić information content (AvgIpc) is 2.68. The van der Waals surface area contributed by atoms with E-state index in [1.165, 1.54) is 6.07 Å². The average molecular weight is 279 g/mol. The lowest BCUT2D eigenvalue weighted by Crippen LogP contribution is -2.36. The molecule has 0 bridgehead atoms. The molecule has 1 aromatic heterocycles. The van der Waals surface area contributed by atoms with Crippen molar-refractivity contribution in [1.29, 1.82) is 0 Å². The third kappa shape index (κ3) is 4.27. The molecule has 0 radical (unpaired) electrons. The van der Waals surface area contributed by atoms with Crippen molar-refractivity contribution in [3.8, 4) is 0 Å². The first-order valence-electron chi connectivity index (χ1n) is 5.27. The minimum atomic E-state index is -3.07. The van der Waals surface area contributed by atoms with E-state index in [9.17, 15) is 28.1 Å². The van der Waals surface area contributed by atoms with Crippen LogP contribution in [0.1, 0.15) is 12.5 Å². The molecule has 1 heterocycles. The largest absolute Gasteiger partial charge is 0.358 e. The van der Waals surface area contributed by atoms with Crippen LogP contribution >= 0.6 is 0 Å². The second-order valence-electron chi connectivity index (χ2n) is 4.03. The Morgan fingerprint density at radius 2 is 2.21 bits per heavy atom. The maximum Gasteiger partial charge on any atom is 0.329 e. The summed E-state index contributed by atoms with van der Waals surface area (Å²) in [5.74, 6) is -4.44. The van der Waals surface area contributed by atoms with Gasteiger partial charge in [0.05, 0.1) is 18.3 Å². The van der Waals surface area contributed by atoms with Crippen molar-refractivity contribution < 1.29 is 22.9 Å². The number of nitro groups is 1. The Bertz CT molecular complexity index is 482. The van der Waals surface area contributed by atoms with Gasteiger partial charge in [0.2, 0.25) is 0 Å². The summed E-state index contributed by atoms with van der Waals surface area (Å²) in [5.41, 5.74) is -0.168. The molecule has 0 fully saturated rings. The molecule has 0 aliphatic carbocycles. The number of aromatic nitrogens is 1. The highest BCUT2D eigenvalue weighted by molar-refractivity contribution is 5.76. The fourth-order valence-corrected chi connectivity index (χ4v) is 1.43. The molecule has 1 rings (SSSR count). The van der Waals surface area contributed by atoms with Crippen molar-refractivity contribution in [2.24, 2.45) is 0 Å². The highest BCUT2D eigenvalue weighted by atomic mass is 19.3. The normalized spacial score (nSPS) is 11.4. The first-order chi connectivity index (χ1) is 8.74. The lowest BCUT2D eigenvalue weighted by atomic mass is 10.3. The standard InChI is InChI=1S/C10H12F3N3O3/c1-10(12,13)6-14-8(17)5-15-3-2-7(4-11)9(15)16(18)19/h2-3H,4-6H2,1H3,(H,14,17). The van der Waals surface area contributed by atoms with Crippen LogP contribution in [0.25, 0.3) is 0 Å². The van der Waals surface area contributed by atoms with Gasteiger partial charge in [-0.25, -0.2) is 17.7 Å². The van der Waals surface area contributed by atoms with Gasteiger partial charge < -0.3 is 15.4 Å². The van der Waals surface area contributed by atoms with Crippen LogP contribution in [0.3, 0.4) is 0 Å². The Balaban J connectivity index is 2.75. The van der Waals surface area contributed by atoms with Crippen molar-refractivity contribution in [1.82, 2.24) is 9.88 Å². The Kier molecular flexibility index (Phi) is 4.52. The van der Waals surface area contributed by atoms with Gasteiger partial charge in [0.15, 0.2) is 6.54 Å². The van der Waals surface area contributed by atoms with Crippen molar-refractivity contribution in [3.05, 3.63) is 27.9 Å². The number of carbonyl (C=O) groups excluding carboxylic acids is 1. The Morgan fingerprint density at radius 3 is 2.68 bits per heavy atom. The van der Waals surface area contributed by atoms with Gasteiger partial charge in [-0.1, -0.05) is 0 Å². The predicted octanol–water partition coefficient (Wildman–Crippen LogP) is 1.64. The molecule has 19 heavy (non-hydrogen) atoms. The molecule has 0 saturated heterocycles. The zero-order chi connectivity index (χ0) is 14.6. The van der Waals surface area contributed by atoms with Gasteiger partial charge in [-0.3, -0.25) is 4.79 Å².